The van der Waals surface area contributed by atoms with E-state index in [9.17, 15) is 16.8 Å². The van der Waals surface area contributed by atoms with Gasteiger partial charge in [-0.15, -0.1) is 11.3 Å². The van der Waals surface area contributed by atoms with Crippen LogP contribution in [-0.4, -0.2) is 29.1 Å². The Morgan fingerprint density at radius 1 is 1.04 bits per heavy atom. The SMILES string of the molecule is CCCCS(=O)(=O)NCC(c1cccs1)S(=O)(=O)c1ccccc1. The molecule has 0 aliphatic carbocycles. The molecule has 0 spiro atoms. The van der Waals surface area contributed by atoms with Crippen LogP contribution >= 0.6 is 11.3 Å². The predicted octanol–water partition coefficient (Wildman–Crippen LogP) is 2.98. The summed E-state index contributed by atoms with van der Waals surface area (Å²) in [5.74, 6) is 0.00600. The molecule has 0 fully saturated rings. The summed E-state index contributed by atoms with van der Waals surface area (Å²) in [7, 11) is -7.17. The fourth-order valence-corrected chi connectivity index (χ4v) is 6.37. The van der Waals surface area contributed by atoms with E-state index in [1.807, 2.05) is 6.92 Å². The van der Waals surface area contributed by atoms with Gasteiger partial charge in [0.25, 0.3) is 0 Å². The molecule has 0 amide bonds. The molecular weight excluding hydrogens is 366 g/mol. The average Bonchev–Trinajstić information content (AvgIpc) is 3.08. The summed E-state index contributed by atoms with van der Waals surface area (Å²) in [6.45, 7) is 1.74. The Hall–Kier alpha value is -1.22. The lowest BCUT2D eigenvalue weighted by atomic mass is 10.3. The highest BCUT2D eigenvalue weighted by Crippen LogP contribution is 2.31. The van der Waals surface area contributed by atoms with E-state index in [4.69, 9.17) is 0 Å². The number of hydrogen-bond acceptors (Lipinski definition) is 5. The normalized spacial score (nSPS) is 13.7. The maximum absolute atomic E-state index is 12.9. The number of rotatable bonds is 9. The Morgan fingerprint density at radius 3 is 2.33 bits per heavy atom. The van der Waals surface area contributed by atoms with Crippen molar-refractivity contribution in [2.75, 3.05) is 12.3 Å². The van der Waals surface area contributed by atoms with Crippen LogP contribution in [0.3, 0.4) is 0 Å². The fraction of sp³-hybridized carbons (Fsp3) is 0.375. The van der Waals surface area contributed by atoms with Crippen LogP contribution in [0.15, 0.2) is 52.7 Å². The van der Waals surface area contributed by atoms with Crippen molar-refractivity contribution < 1.29 is 16.8 Å². The molecule has 0 radical (unpaired) electrons. The summed E-state index contributed by atoms with van der Waals surface area (Å²) in [5.41, 5.74) is 0. The zero-order valence-electron chi connectivity index (χ0n) is 13.4. The van der Waals surface area contributed by atoms with Gasteiger partial charge in [-0.3, -0.25) is 0 Å². The molecule has 132 valence electrons. The van der Waals surface area contributed by atoms with Crippen LogP contribution in [0.1, 0.15) is 29.9 Å². The summed E-state index contributed by atoms with van der Waals surface area (Å²) in [4.78, 5) is 0.813. The molecule has 2 aromatic rings. The minimum absolute atomic E-state index is 0.00600. The third kappa shape index (κ3) is 4.89. The van der Waals surface area contributed by atoms with E-state index in [2.05, 4.69) is 4.72 Å². The maximum atomic E-state index is 12.9. The standard InChI is InChI=1S/C16H21NO4S3/c1-2-3-12-23(18,19)17-13-16(15-10-7-11-22-15)24(20,21)14-8-5-4-6-9-14/h4-11,16-17H,2-3,12-13H2,1H3. The lowest BCUT2D eigenvalue weighted by Gasteiger charge is -2.17. The topological polar surface area (TPSA) is 80.3 Å². The third-order valence-corrected chi connectivity index (χ3v) is 8.23. The molecule has 2 rings (SSSR count). The first-order chi connectivity index (χ1) is 11.4. The number of nitrogens with one attached hydrogen (secondary N) is 1. The van der Waals surface area contributed by atoms with Gasteiger partial charge >= 0.3 is 0 Å². The number of thiophene rings is 1. The zero-order valence-corrected chi connectivity index (χ0v) is 15.8. The van der Waals surface area contributed by atoms with E-state index in [-0.39, 0.29) is 17.2 Å². The minimum Gasteiger partial charge on any atom is -0.223 e. The predicted molar refractivity (Wildman–Crippen MR) is 97.4 cm³/mol. The molecule has 1 aromatic carbocycles. The molecule has 24 heavy (non-hydrogen) atoms. The fourth-order valence-electron chi connectivity index (χ4n) is 2.22. The molecule has 0 bridgehead atoms. The van der Waals surface area contributed by atoms with Crippen LogP contribution in [-0.2, 0) is 19.9 Å². The molecule has 8 heteroatoms. The van der Waals surface area contributed by atoms with Gasteiger partial charge in [0.1, 0.15) is 5.25 Å². The third-order valence-electron chi connectivity index (χ3n) is 3.56. The van der Waals surface area contributed by atoms with E-state index in [1.54, 1.807) is 35.7 Å². The number of benzene rings is 1. The molecule has 0 saturated heterocycles. The number of sulfonamides is 1. The van der Waals surface area contributed by atoms with Crippen LogP contribution in [0, 0.1) is 0 Å². The Morgan fingerprint density at radius 2 is 1.75 bits per heavy atom. The molecule has 0 aliphatic rings. The van der Waals surface area contributed by atoms with Crippen molar-refractivity contribution in [3.05, 3.63) is 52.7 Å². The summed E-state index contributed by atoms with van der Waals surface area (Å²) in [5, 5.41) is 0.852. The summed E-state index contributed by atoms with van der Waals surface area (Å²) >= 11 is 1.31. The summed E-state index contributed by atoms with van der Waals surface area (Å²) < 4.78 is 52.4. The van der Waals surface area contributed by atoms with Crippen LogP contribution in [0.5, 0.6) is 0 Å². The van der Waals surface area contributed by atoms with Crippen LogP contribution < -0.4 is 4.72 Å². The first kappa shape index (κ1) is 19.1. The highest BCUT2D eigenvalue weighted by Gasteiger charge is 2.31. The lowest BCUT2D eigenvalue weighted by molar-refractivity contribution is 0.568. The van der Waals surface area contributed by atoms with Crippen molar-refractivity contribution in [2.24, 2.45) is 0 Å². The molecule has 1 aromatic heterocycles. The van der Waals surface area contributed by atoms with Gasteiger partial charge in [0.15, 0.2) is 9.84 Å². The molecule has 0 saturated carbocycles. The van der Waals surface area contributed by atoms with E-state index >= 15 is 0 Å². The molecule has 1 atom stereocenters. The van der Waals surface area contributed by atoms with Gasteiger partial charge in [-0.1, -0.05) is 37.6 Å². The highest BCUT2D eigenvalue weighted by molar-refractivity contribution is 7.92. The number of hydrogen-bond donors (Lipinski definition) is 1. The first-order valence-electron chi connectivity index (χ1n) is 7.66. The van der Waals surface area contributed by atoms with Crippen molar-refractivity contribution in [3.8, 4) is 0 Å². The summed E-state index contributed by atoms with van der Waals surface area (Å²) in [6.07, 6.45) is 1.31. The largest absolute Gasteiger partial charge is 0.223 e. The maximum Gasteiger partial charge on any atom is 0.211 e. The monoisotopic (exact) mass is 387 g/mol. The first-order valence-corrected chi connectivity index (χ1v) is 11.7. The smallest absolute Gasteiger partial charge is 0.211 e. The Bertz CT molecular complexity index is 829. The van der Waals surface area contributed by atoms with Crippen LogP contribution in [0.2, 0.25) is 0 Å². The average molecular weight is 388 g/mol. The molecular formula is C16H21NO4S3. The van der Waals surface area contributed by atoms with Gasteiger partial charge in [-0.05, 0) is 30.0 Å². The van der Waals surface area contributed by atoms with Gasteiger partial charge in [0, 0.05) is 11.4 Å². The molecule has 5 nitrogen and oxygen atoms in total. The van der Waals surface area contributed by atoms with Gasteiger partial charge in [-0.25, -0.2) is 21.6 Å². The Kier molecular flexibility index (Phi) is 6.56. The lowest BCUT2D eigenvalue weighted by Crippen LogP contribution is -2.33. The second-order valence-electron chi connectivity index (χ2n) is 5.38. The number of sulfone groups is 1. The second kappa shape index (κ2) is 8.24. The van der Waals surface area contributed by atoms with E-state index in [0.29, 0.717) is 11.3 Å². The minimum atomic E-state index is -3.68. The molecule has 0 aliphatic heterocycles. The molecule has 1 heterocycles. The molecule has 1 unspecified atom stereocenters. The van der Waals surface area contributed by atoms with Gasteiger partial charge in [-0.2, -0.15) is 0 Å². The van der Waals surface area contributed by atoms with Gasteiger partial charge in [0.2, 0.25) is 10.0 Å². The molecule has 1 N–H and O–H groups in total. The van der Waals surface area contributed by atoms with Crippen molar-refractivity contribution in [2.45, 2.75) is 29.9 Å². The highest BCUT2D eigenvalue weighted by atomic mass is 32.2. The Balaban J connectivity index is 2.27. The van der Waals surface area contributed by atoms with Gasteiger partial charge in [0.05, 0.1) is 10.6 Å². The van der Waals surface area contributed by atoms with Crippen molar-refractivity contribution in [1.82, 2.24) is 4.72 Å². The summed E-state index contributed by atoms with van der Waals surface area (Å²) in [6, 6.07) is 11.6. The zero-order chi connectivity index (χ0) is 17.6. The van der Waals surface area contributed by atoms with E-state index in [0.717, 1.165) is 6.42 Å². The van der Waals surface area contributed by atoms with Crippen LogP contribution in [0.4, 0.5) is 0 Å². The quantitative estimate of drug-likeness (QED) is 0.717. The second-order valence-corrected chi connectivity index (χ2v) is 10.4. The van der Waals surface area contributed by atoms with Crippen molar-refractivity contribution in [3.63, 3.8) is 0 Å². The van der Waals surface area contributed by atoms with Crippen molar-refractivity contribution in [1.29, 1.82) is 0 Å². The van der Waals surface area contributed by atoms with Crippen LogP contribution in [0.25, 0.3) is 0 Å². The van der Waals surface area contributed by atoms with E-state index < -0.39 is 25.1 Å². The number of unbranched alkanes of at least 4 members (excludes halogenated alkanes) is 1. The van der Waals surface area contributed by atoms with Gasteiger partial charge < -0.3 is 0 Å². The Labute approximate surface area is 147 Å². The van der Waals surface area contributed by atoms with E-state index in [1.165, 1.54) is 23.5 Å². The van der Waals surface area contributed by atoms with Crippen molar-refractivity contribution >= 4 is 31.2 Å².